The molecule has 60 valence electrons. The Labute approximate surface area is 73.4 Å². The first-order valence-corrected chi connectivity index (χ1v) is 4.97. The Balaban J connectivity index is 1.94. The minimum atomic E-state index is -0.456. The van der Waals surface area contributed by atoms with Gasteiger partial charge < -0.3 is 5.11 Å². The van der Waals surface area contributed by atoms with Crippen LogP contribution >= 0.6 is 12.6 Å². The predicted octanol–water partition coefficient (Wildman–Crippen LogP) is 0.0364. The van der Waals surface area contributed by atoms with Gasteiger partial charge in [-0.3, -0.25) is 0 Å². The highest BCUT2D eigenvalue weighted by Gasteiger charge is 2.76. The normalized spacial score (nSPS) is 71.6. The lowest BCUT2D eigenvalue weighted by atomic mass is 9.30. The number of thiol groups is 1. The molecule has 0 spiro atoms. The van der Waals surface area contributed by atoms with Crippen LogP contribution in [0.25, 0.3) is 0 Å². The molecule has 0 amide bonds. The second-order valence-corrected chi connectivity index (χ2v) is 5.50. The van der Waals surface area contributed by atoms with Gasteiger partial charge in [0.25, 0.3) is 0 Å². The van der Waals surface area contributed by atoms with Crippen LogP contribution in [0.15, 0.2) is 0 Å². The van der Waals surface area contributed by atoms with Gasteiger partial charge in [-0.15, -0.1) is 0 Å². The highest BCUT2D eigenvalue weighted by molar-refractivity contribution is 7.82. The number of aliphatic hydroxyl groups is 1. The summed E-state index contributed by atoms with van der Waals surface area (Å²) in [6, 6.07) is 0. The zero-order valence-corrected chi connectivity index (χ0v) is 7.64. The maximum absolute atomic E-state index is 9.91. The van der Waals surface area contributed by atoms with E-state index in [0.717, 1.165) is 24.2 Å². The molecule has 5 atom stereocenters. The van der Waals surface area contributed by atoms with E-state index in [1.807, 2.05) is 7.85 Å². The molecular formula is C8H13BOS. The summed E-state index contributed by atoms with van der Waals surface area (Å²) in [4.78, 5) is 0. The van der Waals surface area contributed by atoms with Crippen LogP contribution in [0.4, 0.5) is 0 Å². The maximum Gasteiger partial charge on any atom is 0.144 e. The predicted molar refractivity (Wildman–Crippen MR) is 49.5 cm³/mol. The molecule has 3 fully saturated rings. The summed E-state index contributed by atoms with van der Waals surface area (Å²) in [6.07, 6.45) is 3.70. The third kappa shape index (κ3) is 0.469. The minimum absolute atomic E-state index is 0.0237. The number of hydrogen-bond donors (Lipinski definition) is 2. The van der Waals surface area contributed by atoms with Crippen LogP contribution in [0, 0.1) is 17.8 Å². The second kappa shape index (κ2) is 1.53. The van der Waals surface area contributed by atoms with Crippen molar-refractivity contribution in [2.75, 3.05) is 0 Å². The summed E-state index contributed by atoms with van der Waals surface area (Å²) in [6.45, 7) is 0. The molecule has 3 saturated carbocycles. The van der Waals surface area contributed by atoms with Crippen molar-refractivity contribution in [3.05, 3.63) is 0 Å². The first-order valence-electron chi connectivity index (χ1n) is 4.52. The van der Waals surface area contributed by atoms with Crippen molar-refractivity contribution < 1.29 is 5.11 Å². The smallest absolute Gasteiger partial charge is 0.144 e. The van der Waals surface area contributed by atoms with Crippen LogP contribution in [0.2, 0.25) is 0 Å². The Bertz CT molecular complexity index is 222. The van der Waals surface area contributed by atoms with Crippen LogP contribution in [0.3, 0.4) is 0 Å². The molecule has 0 aromatic heterocycles. The van der Waals surface area contributed by atoms with Crippen molar-refractivity contribution in [2.24, 2.45) is 17.8 Å². The van der Waals surface area contributed by atoms with E-state index in [-0.39, 0.29) is 4.75 Å². The molecule has 3 aliphatic rings. The number of hydrogen-bond acceptors (Lipinski definition) is 2. The largest absolute Gasteiger partial charge is 0.398 e. The second-order valence-electron chi connectivity index (χ2n) is 4.76. The Morgan fingerprint density at radius 1 is 1.36 bits per heavy atom. The number of fused-ring (bicyclic) bond motifs is 4. The average Bonchev–Trinajstić information content (AvgIpc) is 1.84. The average molecular weight is 168 g/mol. The summed E-state index contributed by atoms with van der Waals surface area (Å²) < 4.78 is 0.0237. The fraction of sp³-hybridized carbons (Fsp3) is 1.00. The summed E-state index contributed by atoms with van der Waals surface area (Å²) >= 11 is 4.66. The van der Waals surface area contributed by atoms with Crippen LogP contribution in [-0.4, -0.2) is 23.2 Å². The zero-order valence-electron chi connectivity index (χ0n) is 6.75. The van der Waals surface area contributed by atoms with Gasteiger partial charge >= 0.3 is 0 Å². The van der Waals surface area contributed by atoms with Crippen molar-refractivity contribution in [1.29, 1.82) is 0 Å². The lowest BCUT2D eigenvalue weighted by Gasteiger charge is -2.78. The van der Waals surface area contributed by atoms with Gasteiger partial charge in [-0.2, -0.15) is 12.6 Å². The summed E-state index contributed by atoms with van der Waals surface area (Å²) in [5.74, 6) is 2.44. The van der Waals surface area contributed by atoms with Crippen LogP contribution in [0.5, 0.6) is 0 Å². The highest BCUT2D eigenvalue weighted by Crippen LogP contribution is 2.75. The maximum atomic E-state index is 9.91. The Hall–Kier alpha value is 0.375. The van der Waals surface area contributed by atoms with E-state index in [1.165, 1.54) is 12.8 Å². The molecule has 0 saturated heterocycles. The topological polar surface area (TPSA) is 20.2 Å². The summed E-state index contributed by atoms with van der Waals surface area (Å²) in [7, 11) is 1.95. The Morgan fingerprint density at radius 3 is 2.36 bits per heavy atom. The van der Waals surface area contributed by atoms with Gasteiger partial charge in [-0.25, -0.2) is 0 Å². The molecule has 0 aromatic carbocycles. The van der Waals surface area contributed by atoms with Gasteiger partial charge in [0.15, 0.2) is 0 Å². The molecule has 3 heteroatoms. The van der Waals surface area contributed by atoms with Crippen molar-refractivity contribution in [2.45, 2.75) is 29.5 Å². The first kappa shape index (κ1) is 6.84. The summed E-state index contributed by atoms with van der Waals surface area (Å²) in [5, 5.41) is 9.91. The SMILES string of the molecule is BC1(O)CC2C3CCC3C21S. The molecule has 5 unspecified atom stereocenters. The molecule has 1 nitrogen and oxygen atoms in total. The monoisotopic (exact) mass is 168 g/mol. The molecule has 0 radical (unpaired) electrons. The number of rotatable bonds is 0. The van der Waals surface area contributed by atoms with Crippen molar-refractivity contribution in [3.63, 3.8) is 0 Å². The third-order valence-corrected chi connectivity index (χ3v) is 5.60. The lowest BCUT2D eigenvalue weighted by Crippen LogP contribution is -2.82. The molecule has 0 bridgehead atoms. The van der Waals surface area contributed by atoms with Gasteiger partial charge in [0.2, 0.25) is 0 Å². The molecular weight excluding hydrogens is 155 g/mol. The molecule has 1 N–H and O–H groups in total. The first-order chi connectivity index (χ1) is 5.07. The van der Waals surface area contributed by atoms with E-state index in [9.17, 15) is 5.11 Å². The standard InChI is InChI=1S/C8H13BOS/c9-7(10)3-6-4-1-2-5(4)8(6,7)11/h4-6,10-11H,1-3,9H2. The van der Waals surface area contributed by atoms with Gasteiger partial charge in [0.1, 0.15) is 7.85 Å². The fourth-order valence-electron chi connectivity index (χ4n) is 3.60. The Morgan fingerprint density at radius 2 is 2.09 bits per heavy atom. The van der Waals surface area contributed by atoms with Crippen LogP contribution in [0.1, 0.15) is 19.3 Å². The highest BCUT2D eigenvalue weighted by atomic mass is 32.1. The third-order valence-electron chi connectivity index (χ3n) is 4.46. The van der Waals surface area contributed by atoms with Crippen molar-refractivity contribution >= 4 is 20.5 Å². The van der Waals surface area contributed by atoms with Gasteiger partial charge in [-0.1, -0.05) is 0 Å². The Kier molecular flexibility index (Phi) is 0.955. The molecule has 3 rings (SSSR count). The molecule has 0 aromatic rings. The van der Waals surface area contributed by atoms with E-state index in [0.29, 0.717) is 0 Å². The quantitative estimate of drug-likeness (QED) is 0.386. The fourth-order valence-corrected chi connectivity index (χ4v) is 4.30. The van der Waals surface area contributed by atoms with Gasteiger partial charge in [0.05, 0.1) is 0 Å². The van der Waals surface area contributed by atoms with Crippen LogP contribution < -0.4 is 0 Å². The van der Waals surface area contributed by atoms with E-state index in [2.05, 4.69) is 12.6 Å². The minimum Gasteiger partial charge on any atom is -0.398 e. The van der Waals surface area contributed by atoms with E-state index in [4.69, 9.17) is 0 Å². The zero-order chi connectivity index (χ0) is 7.85. The van der Waals surface area contributed by atoms with E-state index in [1.54, 1.807) is 0 Å². The van der Waals surface area contributed by atoms with Crippen LogP contribution in [-0.2, 0) is 0 Å². The summed E-state index contributed by atoms with van der Waals surface area (Å²) in [5.41, 5.74) is -0.456. The lowest BCUT2D eigenvalue weighted by molar-refractivity contribution is -0.224. The van der Waals surface area contributed by atoms with Crippen molar-refractivity contribution in [3.8, 4) is 0 Å². The molecule has 11 heavy (non-hydrogen) atoms. The molecule has 0 aliphatic heterocycles. The van der Waals surface area contributed by atoms with Gasteiger partial charge in [0, 0.05) is 10.2 Å². The van der Waals surface area contributed by atoms with Crippen molar-refractivity contribution in [1.82, 2.24) is 0 Å². The molecule has 3 aliphatic carbocycles. The van der Waals surface area contributed by atoms with E-state index >= 15 is 0 Å². The molecule has 0 heterocycles. The van der Waals surface area contributed by atoms with E-state index < -0.39 is 5.50 Å². The van der Waals surface area contributed by atoms with Gasteiger partial charge in [-0.05, 0) is 37.0 Å².